The van der Waals surface area contributed by atoms with Crippen molar-refractivity contribution in [3.63, 3.8) is 0 Å². The van der Waals surface area contributed by atoms with Crippen molar-refractivity contribution in [3.8, 4) is 0 Å². The first-order chi connectivity index (χ1) is 11.1. The van der Waals surface area contributed by atoms with Gasteiger partial charge in [0.1, 0.15) is 0 Å². The summed E-state index contributed by atoms with van der Waals surface area (Å²) in [6.45, 7) is 3.56. The van der Waals surface area contributed by atoms with E-state index >= 15 is 0 Å². The van der Waals surface area contributed by atoms with Crippen LogP contribution in [0.3, 0.4) is 0 Å². The van der Waals surface area contributed by atoms with Crippen LogP contribution in [-0.4, -0.2) is 33.9 Å². The standard InChI is InChI=1S/C16H22ClN5O.HI/c1-3-18-16(19-10-12-8-9-21-22(12)2)20-11-15(23)13-6-4-5-7-14(13)17;/h4-9,15,23H,3,10-11H2,1-2H3,(H2,18,19,20);1H. The fourth-order valence-corrected chi connectivity index (χ4v) is 2.37. The Hall–Kier alpha value is -1.32. The summed E-state index contributed by atoms with van der Waals surface area (Å²) in [6, 6.07) is 9.19. The van der Waals surface area contributed by atoms with E-state index in [1.54, 1.807) is 16.9 Å². The number of hydrogen-bond donors (Lipinski definition) is 3. The van der Waals surface area contributed by atoms with E-state index in [0.29, 0.717) is 29.6 Å². The van der Waals surface area contributed by atoms with E-state index in [9.17, 15) is 5.11 Å². The van der Waals surface area contributed by atoms with Gasteiger partial charge in [-0.15, -0.1) is 24.0 Å². The number of hydrogen-bond acceptors (Lipinski definition) is 3. The summed E-state index contributed by atoms with van der Waals surface area (Å²) in [6.07, 6.45) is 1.04. The van der Waals surface area contributed by atoms with Crippen molar-refractivity contribution in [2.45, 2.75) is 19.6 Å². The van der Waals surface area contributed by atoms with E-state index in [2.05, 4.69) is 20.7 Å². The second kappa shape index (κ2) is 10.5. The van der Waals surface area contributed by atoms with Gasteiger partial charge in [-0.25, -0.2) is 4.99 Å². The summed E-state index contributed by atoms with van der Waals surface area (Å²) >= 11 is 6.10. The highest BCUT2D eigenvalue weighted by molar-refractivity contribution is 14.0. The van der Waals surface area contributed by atoms with Gasteiger partial charge in [-0.2, -0.15) is 5.10 Å². The van der Waals surface area contributed by atoms with E-state index < -0.39 is 6.10 Å². The first-order valence-electron chi connectivity index (χ1n) is 7.53. The molecule has 0 amide bonds. The molecule has 1 aromatic heterocycles. The smallest absolute Gasteiger partial charge is 0.191 e. The quantitative estimate of drug-likeness (QED) is 0.350. The number of aliphatic hydroxyl groups is 1. The molecule has 0 aliphatic rings. The molecule has 0 radical (unpaired) electrons. The van der Waals surface area contributed by atoms with Crippen molar-refractivity contribution in [1.29, 1.82) is 0 Å². The monoisotopic (exact) mass is 463 g/mol. The molecule has 0 aliphatic heterocycles. The van der Waals surface area contributed by atoms with Crippen LogP contribution in [0.2, 0.25) is 5.02 Å². The van der Waals surface area contributed by atoms with Gasteiger partial charge in [-0.1, -0.05) is 29.8 Å². The Morgan fingerprint density at radius 2 is 2.08 bits per heavy atom. The van der Waals surface area contributed by atoms with Crippen LogP contribution in [0.25, 0.3) is 0 Å². The fraction of sp³-hybridized carbons (Fsp3) is 0.375. The van der Waals surface area contributed by atoms with Gasteiger partial charge < -0.3 is 15.7 Å². The van der Waals surface area contributed by atoms with E-state index in [1.165, 1.54) is 0 Å². The van der Waals surface area contributed by atoms with Crippen LogP contribution >= 0.6 is 35.6 Å². The van der Waals surface area contributed by atoms with Gasteiger partial charge in [0.15, 0.2) is 5.96 Å². The maximum absolute atomic E-state index is 10.3. The number of halogens is 2. The van der Waals surface area contributed by atoms with Crippen molar-refractivity contribution >= 4 is 41.5 Å². The molecular weight excluding hydrogens is 441 g/mol. The first kappa shape index (κ1) is 20.7. The number of nitrogens with one attached hydrogen (secondary N) is 2. The number of guanidine groups is 1. The van der Waals surface area contributed by atoms with Crippen LogP contribution in [0.5, 0.6) is 0 Å². The molecule has 1 atom stereocenters. The zero-order chi connectivity index (χ0) is 16.7. The molecule has 24 heavy (non-hydrogen) atoms. The van der Waals surface area contributed by atoms with Gasteiger partial charge in [0.25, 0.3) is 0 Å². The second-order valence-corrected chi connectivity index (χ2v) is 5.47. The molecule has 1 heterocycles. The lowest BCUT2D eigenvalue weighted by Gasteiger charge is -2.16. The molecule has 2 rings (SSSR count). The minimum absolute atomic E-state index is 0. The zero-order valence-electron chi connectivity index (χ0n) is 13.7. The number of aliphatic hydroxyl groups excluding tert-OH is 1. The number of nitrogens with zero attached hydrogens (tertiary/aromatic N) is 3. The molecule has 0 spiro atoms. The predicted molar refractivity (Wildman–Crippen MR) is 108 cm³/mol. The van der Waals surface area contributed by atoms with Crippen LogP contribution in [0.1, 0.15) is 24.3 Å². The normalized spacial score (nSPS) is 12.4. The van der Waals surface area contributed by atoms with Crippen LogP contribution in [0.15, 0.2) is 41.5 Å². The summed E-state index contributed by atoms with van der Waals surface area (Å²) in [4.78, 5) is 4.49. The van der Waals surface area contributed by atoms with E-state index in [1.807, 2.05) is 38.2 Å². The molecule has 132 valence electrons. The molecular formula is C16H23ClIN5O. The summed E-state index contributed by atoms with van der Waals surface area (Å²) in [5.74, 6) is 0.639. The zero-order valence-corrected chi connectivity index (χ0v) is 16.8. The first-order valence-corrected chi connectivity index (χ1v) is 7.91. The third-order valence-corrected chi connectivity index (χ3v) is 3.74. The second-order valence-electron chi connectivity index (χ2n) is 5.06. The van der Waals surface area contributed by atoms with E-state index in [4.69, 9.17) is 11.6 Å². The Labute approximate surface area is 164 Å². The van der Waals surface area contributed by atoms with Gasteiger partial charge in [-0.05, 0) is 19.1 Å². The van der Waals surface area contributed by atoms with Crippen LogP contribution in [0, 0.1) is 0 Å². The maximum atomic E-state index is 10.3. The minimum atomic E-state index is -0.704. The number of aryl methyl sites for hydroxylation is 1. The SMILES string of the molecule is CCNC(=NCc1ccnn1C)NCC(O)c1ccccc1Cl.I. The molecule has 3 N–H and O–H groups in total. The van der Waals surface area contributed by atoms with Crippen LogP contribution in [-0.2, 0) is 13.6 Å². The minimum Gasteiger partial charge on any atom is -0.387 e. The summed E-state index contributed by atoms with van der Waals surface area (Å²) in [7, 11) is 1.88. The molecule has 0 aliphatic carbocycles. The third-order valence-electron chi connectivity index (χ3n) is 3.39. The van der Waals surface area contributed by atoms with Gasteiger partial charge >= 0.3 is 0 Å². The summed E-state index contributed by atoms with van der Waals surface area (Å²) in [5, 5.41) is 21.2. The molecule has 8 heteroatoms. The lowest BCUT2D eigenvalue weighted by Crippen LogP contribution is -2.39. The summed E-state index contributed by atoms with van der Waals surface area (Å²) in [5.41, 5.74) is 1.71. The molecule has 0 saturated heterocycles. The van der Waals surface area contributed by atoms with Crippen molar-refractivity contribution in [3.05, 3.63) is 52.8 Å². The largest absolute Gasteiger partial charge is 0.387 e. The van der Waals surface area contributed by atoms with Gasteiger partial charge in [0, 0.05) is 36.9 Å². The highest BCUT2D eigenvalue weighted by Crippen LogP contribution is 2.21. The number of aliphatic imine (C=N–C) groups is 1. The van der Waals surface area contributed by atoms with Gasteiger partial charge in [0.2, 0.25) is 0 Å². The van der Waals surface area contributed by atoms with Crippen molar-refractivity contribution in [1.82, 2.24) is 20.4 Å². The Kier molecular flexibility index (Phi) is 9.09. The highest BCUT2D eigenvalue weighted by atomic mass is 127. The number of aromatic nitrogens is 2. The average molecular weight is 464 g/mol. The lowest BCUT2D eigenvalue weighted by atomic mass is 10.1. The molecule has 1 unspecified atom stereocenters. The number of rotatable bonds is 6. The van der Waals surface area contributed by atoms with Gasteiger partial charge in [0.05, 0.1) is 18.3 Å². The average Bonchev–Trinajstić information content (AvgIpc) is 2.95. The predicted octanol–water partition coefficient (Wildman–Crippen LogP) is 2.48. The van der Waals surface area contributed by atoms with Gasteiger partial charge in [-0.3, -0.25) is 4.68 Å². The number of benzene rings is 1. The Morgan fingerprint density at radius 3 is 2.71 bits per heavy atom. The summed E-state index contributed by atoms with van der Waals surface area (Å²) < 4.78 is 1.78. The van der Waals surface area contributed by atoms with Crippen LogP contribution < -0.4 is 10.6 Å². The molecule has 2 aromatic rings. The fourth-order valence-electron chi connectivity index (χ4n) is 2.11. The Morgan fingerprint density at radius 1 is 1.33 bits per heavy atom. The van der Waals surface area contributed by atoms with Crippen molar-refractivity contribution in [2.24, 2.45) is 12.0 Å². The maximum Gasteiger partial charge on any atom is 0.191 e. The lowest BCUT2D eigenvalue weighted by molar-refractivity contribution is 0.181. The molecule has 6 nitrogen and oxygen atoms in total. The molecule has 0 saturated carbocycles. The Bertz CT molecular complexity index is 661. The molecule has 0 fully saturated rings. The van der Waals surface area contributed by atoms with Crippen LogP contribution in [0.4, 0.5) is 0 Å². The topological polar surface area (TPSA) is 74.5 Å². The van der Waals surface area contributed by atoms with Crippen molar-refractivity contribution < 1.29 is 5.11 Å². The van der Waals surface area contributed by atoms with E-state index in [-0.39, 0.29) is 24.0 Å². The van der Waals surface area contributed by atoms with E-state index in [0.717, 1.165) is 12.2 Å². The highest BCUT2D eigenvalue weighted by Gasteiger charge is 2.11. The third kappa shape index (κ3) is 5.95. The Balaban J connectivity index is 0.00000288. The van der Waals surface area contributed by atoms with Crippen molar-refractivity contribution in [2.75, 3.05) is 13.1 Å². The molecule has 0 bridgehead atoms. The molecule has 1 aromatic carbocycles.